The van der Waals surface area contributed by atoms with Crippen molar-refractivity contribution in [2.24, 2.45) is 0 Å². The SMILES string of the molecule is CCCCNc1cccc2c1C(=O)N(C(C=O)CCC(=O)NC)C2=O. The third-order valence-corrected chi connectivity index (χ3v) is 4.23. The third-order valence-electron chi connectivity index (χ3n) is 4.23. The average molecular weight is 345 g/mol. The number of benzene rings is 1. The molecule has 0 aliphatic carbocycles. The fraction of sp³-hybridized carbons (Fsp3) is 0.444. The molecule has 1 aromatic rings. The number of amides is 3. The molecule has 3 amide bonds. The van der Waals surface area contributed by atoms with Gasteiger partial charge in [0.2, 0.25) is 5.91 Å². The zero-order valence-electron chi connectivity index (χ0n) is 14.5. The van der Waals surface area contributed by atoms with E-state index in [9.17, 15) is 19.2 Å². The zero-order chi connectivity index (χ0) is 18.4. The lowest BCUT2D eigenvalue weighted by Gasteiger charge is -2.21. The third kappa shape index (κ3) is 3.87. The van der Waals surface area contributed by atoms with E-state index in [-0.39, 0.29) is 18.7 Å². The Morgan fingerprint density at radius 1 is 1.28 bits per heavy atom. The topological polar surface area (TPSA) is 95.6 Å². The van der Waals surface area contributed by atoms with E-state index in [1.165, 1.54) is 7.05 Å². The number of hydrogen-bond acceptors (Lipinski definition) is 5. The Balaban J connectivity index is 2.24. The molecule has 0 radical (unpaired) electrons. The van der Waals surface area contributed by atoms with Crippen molar-refractivity contribution in [1.82, 2.24) is 10.2 Å². The van der Waals surface area contributed by atoms with Gasteiger partial charge in [0.15, 0.2) is 0 Å². The molecule has 1 aliphatic rings. The molecular weight excluding hydrogens is 322 g/mol. The highest BCUT2D eigenvalue weighted by Crippen LogP contribution is 2.31. The molecule has 2 N–H and O–H groups in total. The van der Waals surface area contributed by atoms with Gasteiger partial charge in [0, 0.05) is 25.7 Å². The summed E-state index contributed by atoms with van der Waals surface area (Å²) in [6, 6.07) is 4.10. The molecule has 25 heavy (non-hydrogen) atoms. The van der Waals surface area contributed by atoms with Crippen LogP contribution in [0.15, 0.2) is 18.2 Å². The van der Waals surface area contributed by atoms with E-state index in [0.717, 1.165) is 17.7 Å². The van der Waals surface area contributed by atoms with Crippen LogP contribution in [0.25, 0.3) is 0 Å². The van der Waals surface area contributed by atoms with Crippen molar-refractivity contribution >= 4 is 29.7 Å². The van der Waals surface area contributed by atoms with Crippen molar-refractivity contribution in [3.63, 3.8) is 0 Å². The number of anilines is 1. The van der Waals surface area contributed by atoms with Gasteiger partial charge in [-0.15, -0.1) is 0 Å². The van der Waals surface area contributed by atoms with E-state index >= 15 is 0 Å². The van der Waals surface area contributed by atoms with Gasteiger partial charge in [-0.25, -0.2) is 0 Å². The molecule has 7 heteroatoms. The van der Waals surface area contributed by atoms with Crippen molar-refractivity contribution in [2.45, 2.75) is 38.6 Å². The van der Waals surface area contributed by atoms with Crippen LogP contribution in [-0.2, 0) is 9.59 Å². The van der Waals surface area contributed by atoms with Crippen LogP contribution in [0.2, 0.25) is 0 Å². The minimum absolute atomic E-state index is 0.0644. The summed E-state index contributed by atoms with van der Waals surface area (Å²) in [6.45, 7) is 2.76. The molecule has 7 nitrogen and oxygen atoms in total. The number of aldehydes is 1. The van der Waals surface area contributed by atoms with Crippen LogP contribution < -0.4 is 10.6 Å². The highest BCUT2D eigenvalue weighted by atomic mass is 16.2. The van der Waals surface area contributed by atoms with Gasteiger partial charge in [-0.1, -0.05) is 19.4 Å². The molecule has 1 aromatic carbocycles. The lowest BCUT2D eigenvalue weighted by molar-refractivity contribution is -0.121. The van der Waals surface area contributed by atoms with Crippen molar-refractivity contribution in [3.8, 4) is 0 Å². The Hall–Kier alpha value is -2.70. The van der Waals surface area contributed by atoms with Crippen molar-refractivity contribution in [2.75, 3.05) is 18.9 Å². The number of carbonyl (C=O) groups is 4. The Kier molecular flexibility index (Phi) is 6.27. The van der Waals surface area contributed by atoms with Gasteiger partial charge in [-0.2, -0.15) is 0 Å². The van der Waals surface area contributed by atoms with Gasteiger partial charge in [0.25, 0.3) is 11.8 Å². The Morgan fingerprint density at radius 2 is 2.04 bits per heavy atom. The van der Waals surface area contributed by atoms with E-state index in [0.29, 0.717) is 29.6 Å². The monoisotopic (exact) mass is 345 g/mol. The molecule has 134 valence electrons. The van der Waals surface area contributed by atoms with Crippen LogP contribution in [0.5, 0.6) is 0 Å². The van der Waals surface area contributed by atoms with Crippen LogP contribution in [-0.4, -0.2) is 48.5 Å². The fourth-order valence-electron chi connectivity index (χ4n) is 2.81. The maximum absolute atomic E-state index is 12.8. The van der Waals surface area contributed by atoms with Crippen LogP contribution in [0.1, 0.15) is 53.3 Å². The highest BCUT2D eigenvalue weighted by Gasteiger charge is 2.41. The first-order valence-corrected chi connectivity index (χ1v) is 8.45. The summed E-state index contributed by atoms with van der Waals surface area (Å²) in [6.07, 6.45) is 2.67. The minimum atomic E-state index is -0.951. The number of fused-ring (bicyclic) bond motifs is 1. The maximum Gasteiger partial charge on any atom is 0.264 e. The molecule has 1 unspecified atom stereocenters. The molecule has 0 saturated carbocycles. The standard InChI is InChI=1S/C18H23N3O4/c1-3-4-10-20-14-7-5-6-13-16(14)18(25)21(17(13)24)12(11-22)8-9-15(23)19-2/h5-7,11-12,20H,3-4,8-10H2,1-2H3,(H,19,23). The molecular formula is C18H23N3O4. The first kappa shape index (κ1) is 18.6. The van der Waals surface area contributed by atoms with Crippen LogP contribution in [0.4, 0.5) is 5.69 Å². The van der Waals surface area contributed by atoms with Gasteiger partial charge < -0.3 is 15.4 Å². The van der Waals surface area contributed by atoms with E-state index in [1.54, 1.807) is 18.2 Å². The molecule has 0 saturated heterocycles. The smallest absolute Gasteiger partial charge is 0.264 e. The summed E-state index contributed by atoms with van der Waals surface area (Å²) in [5.74, 6) is -1.23. The van der Waals surface area contributed by atoms with Gasteiger partial charge in [0.05, 0.1) is 17.2 Å². The summed E-state index contributed by atoms with van der Waals surface area (Å²) >= 11 is 0. The molecule has 1 atom stereocenters. The van der Waals surface area contributed by atoms with Crippen LogP contribution >= 0.6 is 0 Å². The number of hydrogen-bond donors (Lipinski definition) is 2. The van der Waals surface area contributed by atoms with Gasteiger partial charge in [-0.05, 0) is 25.0 Å². The number of nitrogens with zero attached hydrogens (tertiary/aromatic N) is 1. The predicted molar refractivity (Wildman–Crippen MR) is 93.5 cm³/mol. The number of carbonyl (C=O) groups excluding carboxylic acids is 4. The van der Waals surface area contributed by atoms with E-state index in [2.05, 4.69) is 17.6 Å². The number of nitrogens with one attached hydrogen (secondary N) is 2. The summed E-state index contributed by atoms with van der Waals surface area (Å²) < 4.78 is 0. The lowest BCUT2D eigenvalue weighted by Crippen LogP contribution is -2.41. The molecule has 0 fully saturated rings. The molecule has 0 bridgehead atoms. The van der Waals surface area contributed by atoms with Crippen molar-refractivity contribution < 1.29 is 19.2 Å². The van der Waals surface area contributed by atoms with E-state index in [4.69, 9.17) is 0 Å². The molecule has 1 heterocycles. The van der Waals surface area contributed by atoms with Crippen LogP contribution in [0, 0.1) is 0 Å². The second kappa shape index (κ2) is 8.41. The van der Waals surface area contributed by atoms with E-state index in [1.807, 2.05) is 0 Å². The second-order valence-corrected chi connectivity index (χ2v) is 5.90. The fourth-order valence-corrected chi connectivity index (χ4v) is 2.81. The molecule has 1 aliphatic heterocycles. The Bertz CT molecular complexity index is 687. The van der Waals surface area contributed by atoms with Gasteiger partial charge in [0.1, 0.15) is 6.29 Å². The van der Waals surface area contributed by atoms with Crippen molar-refractivity contribution in [1.29, 1.82) is 0 Å². The van der Waals surface area contributed by atoms with E-state index < -0.39 is 17.9 Å². The Labute approximate surface area is 146 Å². The minimum Gasteiger partial charge on any atom is -0.384 e. The first-order valence-electron chi connectivity index (χ1n) is 8.45. The van der Waals surface area contributed by atoms with Gasteiger partial charge >= 0.3 is 0 Å². The predicted octanol–water partition coefficient (Wildman–Crippen LogP) is 1.59. The van der Waals surface area contributed by atoms with Crippen LogP contribution in [0.3, 0.4) is 0 Å². The Morgan fingerprint density at radius 3 is 2.68 bits per heavy atom. The second-order valence-electron chi connectivity index (χ2n) is 5.90. The number of unbranched alkanes of at least 4 members (excludes halogenated alkanes) is 1. The zero-order valence-corrected chi connectivity index (χ0v) is 14.5. The largest absolute Gasteiger partial charge is 0.384 e. The molecule has 0 aromatic heterocycles. The molecule has 2 rings (SSSR count). The normalized spacial score (nSPS) is 14.2. The van der Waals surface area contributed by atoms with Gasteiger partial charge in [-0.3, -0.25) is 19.3 Å². The number of rotatable bonds is 9. The lowest BCUT2D eigenvalue weighted by atomic mass is 10.1. The summed E-state index contributed by atoms with van der Waals surface area (Å²) in [4.78, 5) is 49.2. The summed E-state index contributed by atoms with van der Waals surface area (Å²) in [5, 5.41) is 5.64. The maximum atomic E-state index is 12.8. The molecule has 0 spiro atoms. The van der Waals surface area contributed by atoms with Crippen molar-refractivity contribution in [3.05, 3.63) is 29.3 Å². The highest BCUT2D eigenvalue weighted by molar-refractivity contribution is 6.24. The summed E-state index contributed by atoms with van der Waals surface area (Å²) in [5.41, 5.74) is 1.19. The average Bonchev–Trinajstić information content (AvgIpc) is 2.88. The quantitative estimate of drug-likeness (QED) is 0.402. The first-order chi connectivity index (χ1) is 12.0. The summed E-state index contributed by atoms with van der Waals surface area (Å²) in [7, 11) is 1.49. The number of imide groups is 1.